The van der Waals surface area contributed by atoms with Crippen molar-refractivity contribution in [3.8, 4) is 0 Å². The number of esters is 1. The van der Waals surface area contributed by atoms with Crippen LogP contribution in [-0.4, -0.2) is 35.0 Å². The normalized spacial score (nSPS) is 26.8. The van der Waals surface area contributed by atoms with E-state index in [1.54, 1.807) is 0 Å². The molecule has 34 heavy (non-hydrogen) atoms. The maximum atomic E-state index is 14.0. The summed E-state index contributed by atoms with van der Waals surface area (Å²) in [6.45, 7) is 0.585. The second-order valence-corrected chi connectivity index (χ2v) is 9.18. The summed E-state index contributed by atoms with van der Waals surface area (Å²) in [5.41, 5.74) is 2.18. The van der Waals surface area contributed by atoms with Gasteiger partial charge < -0.3 is 14.4 Å². The molecule has 0 N–H and O–H groups in total. The van der Waals surface area contributed by atoms with Crippen molar-refractivity contribution in [2.45, 2.75) is 24.4 Å². The van der Waals surface area contributed by atoms with Gasteiger partial charge in [-0.2, -0.15) is 0 Å². The molecule has 3 aliphatic heterocycles. The van der Waals surface area contributed by atoms with Gasteiger partial charge in [-0.25, -0.2) is 0 Å². The third-order valence-corrected chi connectivity index (χ3v) is 7.17. The number of benzene rings is 3. The van der Waals surface area contributed by atoms with E-state index < -0.39 is 23.5 Å². The number of carbonyl (C=O) groups is 2. The van der Waals surface area contributed by atoms with E-state index in [0.717, 1.165) is 16.7 Å². The average molecular weight is 452 g/mol. The molecular formula is C29H25NO4. The first kappa shape index (κ1) is 20.9. The monoisotopic (exact) mass is 451 g/mol. The Hall–Kier alpha value is -3.70. The van der Waals surface area contributed by atoms with Gasteiger partial charge in [-0.3, -0.25) is 9.59 Å². The Morgan fingerprint density at radius 1 is 0.941 bits per heavy atom. The molecule has 0 saturated carbocycles. The van der Waals surface area contributed by atoms with Crippen LogP contribution in [0, 0.1) is 11.8 Å². The third-order valence-electron chi connectivity index (χ3n) is 7.17. The Bertz CT molecular complexity index is 1190. The van der Waals surface area contributed by atoms with Crippen molar-refractivity contribution in [3.63, 3.8) is 0 Å². The highest BCUT2D eigenvalue weighted by molar-refractivity contribution is 5.91. The molecule has 3 aromatic carbocycles. The number of hydrogen-bond acceptors (Lipinski definition) is 4. The van der Waals surface area contributed by atoms with Crippen molar-refractivity contribution in [1.82, 2.24) is 4.90 Å². The van der Waals surface area contributed by atoms with E-state index in [1.807, 2.05) is 108 Å². The van der Waals surface area contributed by atoms with Crippen LogP contribution >= 0.6 is 0 Å². The van der Waals surface area contributed by atoms with E-state index >= 15 is 0 Å². The van der Waals surface area contributed by atoms with Crippen LogP contribution in [0.5, 0.6) is 0 Å². The molecule has 1 amide bonds. The van der Waals surface area contributed by atoms with Crippen LogP contribution in [0.3, 0.4) is 0 Å². The first-order chi connectivity index (χ1) is 16.7. The van der Waals surface area contributed by atoms with E-state index in [2.05, 4.69) is 0 Å². The van der Waals surface area contributed by atoms with Crippen molar-refractivity contribution >= 4 is 11.9 Å². The van der Waals surface area contributed by atoms with Gasteiger partial charge in [0.15, 0.2) is 0 Å². The zero-order chi connectivity index (χ0) is 23.1. The average Bonchev–Trinajstić information content (AvgIpc) is 3.53. The number of fused-ring (bicyclic) bond motifs is 1. The molecule has 4 atom stereocenters. The lowest BCUT2D eigenvalue weighted by Gasteiger charge is -2.31. The first-order valence-electron chi connectivity index (χ1n) is 11.6. The highest BCUT2D eigenvalue weighted by Crippen LogP contribution is 2.54. The second kappa shape index (κ2) is 8.26. The number of rotatable bonds is 6. The molecule has 0 aliphatic carbocycles. The zero-order valence-electron chi connectivity index (χ0n) is 18.6. The number of carbonyl (C=O) groups excluding carboxylic acids is 2. The minimum absolute atomic E-state index is 0.0637. The van der Waals surface area contributed by atoms with Gasteiger partial charge in [-0.15, -0.1) is 0 Å². The minimum Gasteiger partial charge on any atom is -0.460 e. The van der Waals surface area contributed by atoms with Crippen LogP contribution < -0.4 is 0 Å². The summed E-state index contributed by atoms with van der Waals surface area (Å²) in [6.07, 6.45) is 3.47. The zero-order valence-corrected chi connectivity index (χ0v) is 18.6. The fourth-order valence-electron chi connectivity index (χ4n) is 5.66. The maximum Gasteiger partial charge on any atom is 0.313 e. The molecule has 5 nitrogen and oxygen atoms in total. The fourth-order valence-corrected chi connectivity index (χ4v) is 5.66. The van der Waals surface area contributed by atoms with Gasteiger partial charge in [0.25, 0.3) is 0 Å². The number of ether oxygens (including phenoxy) is 2. The van der Waals surface area contributed by atoms with Crippen LogP contribution in [0.15, 0.2) is 103 Å². The van der Waals surface area contributed by atoms with Crippen LogP contribution in [0.1, 0.15) is 22.7 Å². The van der Waals surface area contributed by atoms with E-state index in [9.17, 15) is 9.59 Å². The molecule has 2 fully saturated rings. The summed E-state index contributed by atoms with van der Waals surface area (Å²) in [6, 6.07) is 29.3. The fraction of sp³-hybridized carbons (Fsp3) is 0.241. The molecule has 2 bridgehead atoms. The van der Waals surface area contributed by atoms with Crippen molar-refractivity contribution < 1.29 is 19.1 Å². The summed E-state index contributed by atoms with van der Waals surface area (Å²) in [7, 11) is 0. The van der Waals surface area contributed by atoms with E-state index in [-0.39, 0.29) is 24.5 Å². The van der Waals surface area contributed by atoms with Crippen LogP contribution in [0.2, 0.25) is 0 Å². The van der Waals surface area contributed by atoms with E-state index in [4.69, 9.17) is 9.47 Å². The summed E-state index contributed by atoms with van der Waals surface area (Å²) in [5, 5.41) is 0. The largest absolute Gasteiger partial charge is 0.460 e. The standard InChI is InChI=1S/C29H25NO4/c31-27-25-24(28(32)33-18-20-10-4-1-5-11-20)23-16-17-29(25,34-23)19-30(27)26(21-12-6-2-7-13-21)22-14-8-3-9-15-22/h1-17,23-26H,18-19H2/t23-,24-,25+,29-/m1/s1. The molecule has 3 aliphatic rings. The summed E-state index contributed by atoms with van der Waals surface area (Å²) in [5.74, 6) is -1.67. The molecule has 3 heterocycles. The lowest BCUT2D eigenvalue weighted by molar-refractivity contribution is -0.155. The molecule has 0 unspecified atom stereocenters. The number of hydrogen-bond donors (Lipinski definition) is 0. The van der Waals surface area contributed by atoms with Gasteiger partial charge in [0.2, 0.25) is 5.91 Å². The van der Waals surface area contributed by atoms with Crippen LogP contribution in [0.4, 0.5) is 0 Å². The van der Waals surface area contributed by atoms with Gasteiger partial charge in [-0.05, 0) is 16.7 Å². The Balaban J connectivity index is 1.31. The maximum absolute atomic E-state index is 14.0. The molecule has 2 saturated heterocycles. The molecule has 0 aromatic heterocycles. The van der Waals surface area contributed by atoms with Gasteiger partial charge >= 0.3 is 5.97 Å². The van der Waals surface area contributed by atoms with Gasteiger partial charge in [0.05, 0.1) is 24.6 Å². The SMILES string of the molecule is O=C(OCc1ccccc1)[C@H]1[C@H]2C(=O)N(C(c3ccccc3)c3ccccc3)C[C@]23C=C[C@H]1O3. The molecule has 0 radical (unpaired) electrons. The Morgan fingerprint density at radius 2 is 1.53 bits per heavy atom. The second-order valence-electron chi connectivity index (χ2n) is 9.18. The highest BCUT2D eigenvalue weighted by Gasteiger charge is 2.68. The summed E-state index contributed by atoms with van der Waals surface area (Å²) >= 11 is 0. The lowest BCUT2D eigenvalue weighted by atomic mass is 9.77. The smallest absolute Gasteiger partial charge is 0.313 e. The third kappa shape index (κ3) is 3.35. The first-order valence-corrected chi connectivity index (χ1v) is 11.6. The van der Waals surface area contributed by atoms with E-state index in [0.29, 0.717) is 6.54 Å². The Kier molecular flexibility index (Phi) is 5.07. The molecule has 170 valence electrons. The number of amides is 1. The summed E-state index contributed by atoms with van der Waals surface area (Å²) < 4.78 is 12.0. The predicted octanol–water partition coefficient (Wildman–Crippen LogP) is 4.30. The Morgan fingerprint density at radius 3 is 2.15 bits per heavy atom. The molecule has 1 spiro atoms. The molecular weight excluding hydrogens is 426 g/mol. The highest BCUT2D eigenvalue weighted by atomic mass is 16.6. The van der Waals surface area contributed by atoms with Crippen molar-refractivity contribution in [3.05, 3.63) is 120 Å². The van der Waals surface area contributed by atoms with Crippen molar-refractivity contribution in [1.29, 1.82) is 0 Å². The van der Waals surface area contributed by atoms with Crippen LogP contribution in [0.25, 0.3) is 0 Å². The number of likely N-dealkylation sites (tertiary alicyclic amines) is 1. The number of nitrogens with zero attached hydrogens (tertiary/aromatic N) is 1. The van der Waals surface area contributed by atoms with Gasteiger partial charge in [-0.1, -0.05) is 103 Å². The molecule has 5 heteroatoms. The quantitative estimate of drug-likeness (QED) is 0.414. The van der Waals surface area contributed by atoms with Crippen LogP contribution in [-0.2, 0) is 25.7 Å². The molecule has 6 rings (SSSR count). The van der Waals surface area contributed by atoms with Gasteiger partial charge in [0.1, 0.15) is 18.1 Å². The molecule has 3 aromatic rings. The van der Waals surface area contributed by atoms with Gasteiger partial charge in [0, 0.05) is 0 Å². The predicted molar refractivity (Wildman–Crippen MR) is 126 cm³/mol. The minimum atomic E-state index is -0.792. The van der Waals surface area contributed by atoms with E-state index in [1.165, 1.54) is 0 Å². The van der Waals surface area contributed by atoms with Crippen molar-refractivity contribution in [2.75, 3.05) is 6.54 Å². The Labute approximate surface area is 198 Å². The lowest BCUT2D eigenvalue weighted by Crippen LogP contribution is -2.40. The summed E-state index contributed by atoms with van der Waals surface area (Å²) in [4.78, 5) is 29.0. The van der Waals surface area contributed by atoms with Crippen molar-refractivity contribution in [2.24, 2.45) is 11.8 Å². The topological polar surface area (TPSA) is 55.8 Å².